The summed E-state index contributed by atoms with van der Waals surface area (Å²) in [6.07, 6.45) is 9.47. The number of pyridine rings is 1. The Bertz CT molecular complexity index is 1380. The largest absolute Gasteiger partial charge is 0.310 e. The molecule has 6 rings (SSSR count). The average molecular weight is 495 g/mol. The zero-order valence-corrected chi connectivity index (χ0v) is 22.0. The molecule has 2 aliphatic heterocycles. The molecule has 3 heterocycles. The first-order valence-electron chi connectivity index (χ1n) is 13.5. The highest BCUT2D eigenvalue weighted by Gasteiger charge is 2.51. The Labute approximate surface area is 219 Å². The highest BCUT2D eigenvalue weighted by atomic mass is 16.2. The first-order valence-corrected chi connectivity index (χ1v) is 13.5. The zero-order valence-electron chi connectivity index (χ0n) is 22.0. The van der Waals surface area contributed by atoms with Crippen LogP contribution in [0.1, 0.15) is 81.5 Å². The summed E-state index contributed by atoms with van der Waals surface area (Å²) in [5.74, 6) is 7.37. The van der Waals surface area contributed by atoms with Gasteiger partial charge in [0.25, 0.3) is 5.91 Å². The van der Waals surface area contributed by atoms with Gasteiger partial charge in [0.2, 0.25) is 5.91 Å². The Morgan fingerprint density at radius 2 is 1.78 bits per heavy atom. The lowest BCUT2D eigenvalue weighted by Crippen LogP contribution is -2.47. The number of carbonyl (C=O) groups is 2. The van der Waals surface area contributed by atoms with Gasteiger partial charge >= 0.3 is 0 Å². The number of hydrogen-bond donors (Lipinski definition) is 1. The van der Waals surface area contributed by atoms with Crippen LogP contribution in [0.25, 0.3) is 0 Å². The third kappa shape index (κ3) is 3.87. The standard InChI is InChI=1S/C31H34N4O2/c1-29(2,3)25-27(36)35(31(34-25)14-6-4-5-7-15-31)17-9-10-21-12-13-22-19-30(20-23(22)18-21)24-11-8-16-32-26(24)33-28(30)37/h8,11-13,16,18H,4-7,14-15,17,19-20H2,1-3H3,(H,32,33,37)/t30-/m1/s1. The van der Waals surface area contributed by atoms with E-state index in [1.807, 2.05) is 23.1 Å². The molecule has 6 nitrogen and oxygen atoms in total. The van der Waals surface area contributed by atoms with Crippen molar-refractivity contribution in [2.75, 3.05) is 11.9 Å². The van der Waals surface area contributed by atoms with E-state index in [4.69, 9.17) is 4.99 Å². The van der Waals surface area contributed by atoms with Crippen LogP contribution in [0.4, 0.5) is 5.82 Å². The van der Waals surface area contributed by atoms with E-state index in [0.29, 0.717) is 30.9 Å². The molecule has 2 aromatic rings. The molecule has 1 fully saturated rings. The van der Waals surface area contributed by atoms with Crippen molar-refractivity contribution in [1.29, 1.82) is 0 Å². The summed E-state index contributed by atoms with van der Waals surface area (Å²) in [6, 6.07) is 10.2. The minimum Gasteiger partial charge on any atom is -0.310 e. The molecule has 4 aliphatic rings. The van der Waals surface area contributed by atoms with Crippen LogP contribution in [-0.2, 0) is 27.8 Å². The van der Waals surface area contributed by atoms with E-state index in [0.717, 1.165) is 42.4 Å². The van der Waals surface area contributed by atoms with Crippen LogP contribution in [0.3, 0.4) is 0 Å². The maximum Gasteiger partial charge on any atom is 0.271 e. The molecule has 1 aromatic heterocycles. The van der Waals surface area contributed by atoms with Crippen LogP contribution < -0.4 is 5.32 Å². The van der Waals surface area contributed by atoms with E-state index in [9.17, 15) is 9.59 Å². The number of carbonyl (C=O) groups excluding carboxylic acids is 2. The summed E-state index contributed by atoms with van der Waals surface area (Å²) < 4.78 is 0. The molecule has 0 saturated heterocycles. The maximum atomic E-state index is 13.5. The van der Waals surface area contributed by atoms with Gasteiger partial charge in [-0.3, -0.25) is 14.6 Å². The van der Waals surface area contributed by atoms with Gasteiger partial charge in [0.15, 0.2) is 0 Å². The Hall–Kier alpha value is -3.46. The molecule has 2 amide bonds. The molecule has 1 N–H and O–H groups in total. The molecule has 0 bridgehead atoms. The second kappa shape index (κ2) is 8.55. The van der Waals surface area contributed by atoms with Gasteiger partial charge in [0.05, 0.1) is 12.0 Å². The van der Waals surface area contributed by atoms with Gasteiger partial charge in [-0.05, 0) is 67.9 Å². The van der Waals surface area contributed by atoms with E-state index in [2.05, 4.69) is 55.0 Å². The molecule has 0 radical (unpaired) electrons. The molecular weight excluding hydrogens is 460 g/mol. The number of aromatic nitrogens is 1. The summed E-state index contributed by atoms with van der Waals surface area (Å²) in [6.45, 7) is 6.59. The summed E-state index contributed by atoms with van der Waals surface area (Å²) in [7, 11) is 0. The molecule has 6 heteroatoms. The molecule has 0 unspecified atom stereocenters. The third-order valence-corrected chi connectivity index (χ3v) is 8.54. The van der Waals surface area contributed by atoms with Crippen molar-refractivity contribution < 1.29 is 9.59 Å². The van der Waals surface area contributed by atoms with Crippen molar-refractivity contribution in [3.05, 3.63) is 58.8 Å². The number of nitrogens with zero attached hydrogens (tertiary/aromatic N) is 3. The van der Waals surface area contributed by atoms with Crippen LogP contribution in [0.2, 0.25) is 0 Å². The number of aliphatic imine (C=N–C) groups is 1. The van der Waals surface area contributed by atoms with Crippen molar-refractivity contribution in [3.8, 4) is 11.8 Å². The van der Waals surface area contributed by atoms with Gasteiger partial charge in [0.1, 0.15) is 17.2 Å². The minimum absolute atomic E-state index is 0.0286. The van der Waals surface area contributed by atoms with Crippen molar-refractivity contribution in [3.63, 3.8) is 0 Å². The summed E-state index contributed by atoms with van der Waals surface area (Å²) in [5.41, 5.74) is 3.64. The lowest BCUT2D eigenvalue weighted by atomic mass is 9.79. The molecule has 2 aliphatic carbocycles. The second-order valence-electron chi connectivity index (χ2n) is 12.1. The number of amides is 2. The lowest BCUT2D eigenvalue weighted by molar-refractivity contribution is -0.127. The number of fused-ring (bicyclic) bond motifs is 3. The van der Waals surface area contributed by atoms with Gasteiger partial charge in [-0.15, -0.1) is 0 Å². The number of hydrogen-bond acceptors (Lipinski definition) is 4. The monoisotopic (exact) mass is 494 g/mol. The smallest absolute Gasteiger partial charge is 0.271 e. The van der Waals surface area contributed by atoms with Gasteiger partial charge in [-0.2, -0.15) is 0 Å². The van der Waals surface area contributed by atoms with Crippen molar-refractivity contribution in [1.82, 2.24) is 9.88 Å². The molecule has 1 atom stereocenters. The van der Waals surface area contributed by atoms with E-state index < -0.39 is 11.1 Å². The van der Waals surface area contributed by atoms with Crippen molar-refractivity contribution >= 4 is 23.3 Å². The van der Waals surface area contributed by atoms with Crippen LogP contribution >= 0.6 is 0 Å². The van der Waals surface area contributed by atoms with Gasteiger partial charge in [-0.25, -0.2) is 4.98 Å². The normalized spacial score (nSPS) is 23.9. The highest BCUT2D eigenvalue weighted by molar-refractivity contribution is 6.42. The van der Waals surface area contributed by atoms with E-state index in [-0.39, 0.29) is 17.2 Å². The van der Waals surface area contributed by atoms with E-state index >= 15 is 0 Å². The Morgan fingerprint density at radius 1 is 1.03 bits per heavy atom. The minimum atomic E-state index is -0.577. The van der Waals surface area contributed by atoms with Crippen LogP contribution in [-0.4, -0.2) is 39.6 Å². The fraction of sp³-hybridized carbons (Fsp3) is 0.484. The van der Waals surface area contributed by atoms with Crippen LogP contribution in [0, 0.1) is 17.3 Å². The predicted octanol–water partition coefficient (Wildman–Crippen LogP) is 4.80. The number of anilines is 1. The quantitative estimate of drug-likeness (QED) is 0.579. The maximum absolute atomic E-state index is 13.5. The predicted molar refractivity (Wildman–Crippen MR) is 144 cm³/mol. The molecule has 2 spiro atoms. The fourth-order valence-electron chi connectivity index (χ4n) is 6.58. The molecule has 1 saturated carbocycles. The second-order valence-corrected chi connectivity index (χ2v) is 12.1. The fourth-order valence-corrected chi connectivity index (χ4v) is 6.58. The highest BCUT2D eigenvalue weighted by Crippen LogP contribution is 2.46. The molecule has 37 heavy (non-hydrogen) atoms. The lowest BCUT2D eigenvalue weighted by Gasteiger charge is -2.34. The molecule has 190 valence electrons. The van der Waals surface area contributed by atoms with Gasteiger partial charge in [0, 0.05) is 22.7 Å². The number of rotatable bonds is 1. The van der Waals surface area contributed by atoms with Crippen molar-refractivity contribution in [2.24, 2.45) is 10.4 Å². The number of benzene rings is 1. The average Bonchev–Trinajstić information content (AvgIpc) is 3.38. The van der Waals surface area contributed by atoms with Gasteiger partial charge < -0.3 is 10.2 Å². The Kier molecular flexibility index (Phi) is 5.52. The molecule has 1 aromatic carbocycles. The zero-order chi connectivity index (χ0) is 25.8. The van der Waals surface area contributed by atoms with Crippen LogP contribution in [0.15, 0.2) is 41.5 Å². The van der Waals surface area contributed by atoms with E-state index in [1.54, 1.807) is 6.20 Å². The number of nitrogens with one attached hydrogen (secondary N) is 1. The topological polar surface area (TPSA) is 74.7 Å². The van der Waals surface area contributed by atoms with Gasteiger partial charge in [-0.1, -0.05) is 57.6 Å². The molecular formula is C31H34N4O2. The Balaban J connectivity index is 1.24. The Morgan fingerprint density at radius 3 is 2.54 bits per heavy atom. The van der Waals surface area contributed by atoms with Crippen LogP contribution in [0.5, 0.6) is 0 Å². The SMILES string of the molecule is CC(C)(C)C1=NC2(CCCCCC2)N(CC#Cc2ccc3c(c2)C[C@@]2(C3)C(=O)Nc3ncccc32)C1=O. The van der Waals surface area contributed by atoms with E-state index in [1.165, 1.54) is 18.4 Å². The summed E-state index contributed by atoms with van der Waals surface area (Å²) >= 11 is 0. The first-order chi connectivity index (χ1) is 17.7. The summed E-state index contributed by atoms with van der Waals surface area (Å²) in [4.78, 5) is 37.9. The summed E-state index contributed by atoms with van der Waals surface area (Å²) in [5, 5.41) is 2.97. The van der Waals surface area contributed by atoms with Crippen molar-refractivity contribution in [2.45, 2.75) is 83.2 Å². The first kappa shape index (κ1) is 23.9. The third-order valence-electron chi connectivity index (χ3n) is 8.54.